The van der Waals surface area contributed by atoms with Crippen LogP contribution in [0.2, 0.25) is 0 Å². The van der Waals surface area contributed by atoms with Crippen LogP contribution < -0.4 is 5.32 Å². The van der Waals surface area contributed by atoms with Crippen LogP contribution in [0, 0.1) is 13.8 Å². The van der Waals surface area contributed by atoms with Crippen molar-refractivity contribution in [2.45, 2.75) is 40.5 Å². The monoisotopic (exact) mass is 325 g/mol. The van der Waals surface area contributed by atoms with Gasteiger partial charge in [-0.3, -0.25) is 4.79 Å². The second-order valence-electron chi connectivity index (χ2n) is 6.17. The molecule has 0 aliphatic rings. The molecule has 0 unspecified atom stereocenters. The average Bonchev–Trinajstić information content (AvgIpc) is 2.57. The largest absolute Gasteiger partial charge is 0.354 e. The molecular weight excluding hydrogens is 298 g/mol. The van der Waals surface area contributed by atoms with E-state index >= 15 is 0 Å². The molecule has 4 heteroatoms. The number of aromatic nitrogens is 1. The lowest BCUT2D eigenvalue weighted by molar-refractivity contribution is 0.0749. The van der Waals surface area contributed by atoms with Crippen molar-refractivity contribution in [3.63, 3.8) is 0 Å². The summed E-state index contributed by atoms with van der Waals surface area (Å²) >= 11 is 0. The minimum atomic E-state index is 0.0109. The van der Waals surface area contributed by atoms with Crippen molar-refractivity contribution in [3.05, 3.63) is 53.3 Å². The molecule has 4 nitrogen and oxygen atoms in total. The van der Waals surface area contributed by atoms with Crippen LogP contribution in [0.25, 0.3) is 0 Å². The Kier molecular flexibility index (Phi) is 6.36. The molecule has 0 bridgehead atoms. The van der Waals surface area contributed by atoms with Crippen LogP contribution in [0.15, 0.2) is 36.5 Å². The maximum Gasteiger partial charge on any atom is 0.272 e. The third kappa shape index (κ3) is 4.57. The number of rotatable bonds is 7. The number of pyridine rings is 1. The first-order valence-corrected chi connectivity index (χ1v) is 8.64. The Morgan fingerprint density at radius 2 is 1.79 bits per heavy atom. The fourth-order valence-electron chi connectivity index (χ4n) is 2.72. The fraction of sp³-hybridized carbons (Fsp3) is 0.400. The SMILES string of the molecule is CCCN(CCC)C(=O)c1ccc(Nc2ccc(C)cc2C)cn1. The van der Waals surface area contributed by atoms with Crippen molar-refractivity contribution in [2.75, 3.05) is 18.4 Å². The molecule has 0 aliphatic carbocycles. The van der Waals surface area contributed by atoms with E-state index in [9.17, 15) is 4.79 Å². The number of nitrogens with one attached hydrogen (secondary N) is 1. The predicted octanol–water partition coefficient (Wildman–Crippen LogP) is 4.70. The quantitative estimate of drug-likeness (QED) is 0.802. The van der Waals surface area contributed by atoms with E-state index in [0.717, 1.165) is 37.3 Å². The van der Waals surface area contributed by atoms with Crippen LogP contribution in [0.3, 0.4) is 0 Å². The number of anilines is 2. The highest BCUT2D eigenvalue weighted by molar-refractivity contribution is 5.92. The third-order valence-corrected chi connectivity index (χ3v) is 3.92. The standard InChI is InChI=1S/C20H27N3O/c1-5-11-23(12-6-2)20(24)19-10-8-17(14-21-19)22-18-9-7-15(3)13-16(18)4/h7-10,13-14,22H,5-6,11-12H2,1-4H3. The third-order valence-electron chi connectivity index (χ3n) is 3.92. The fourth-order valence-corrected chi connectivity index (χ4v) is 2.72. The molecule has 1 amide bonds. The number of carbonyl (C=O) groups is 1. The molecule has 24 heavy (non-hydrogen) atoms. The first kappa shape index (κ1) is 18.0. The summed E-state index contributed by atoms with van der Waals surface area (Å²) in [5.74, 6) is 0.0109. The smallest absolute Gasteiger partial charge is 0.272 e. The Morgan fingerprint density at radius 3 is 2.33 bits per heavy atom. The van der Waals surface area contributed by atoms with E-state index in [-0.39, 0.29) is 5.91 Å². The normalized spacial score (nSPS) is 10.5. The number of nitrogens with zero attached hydrogens (tertiary/aromatic N) is 2. The van der Waals surface area contributed by atoms with E-state index in [4.69, 9.17) is 0 Å². The lowest BCUT2D eigenvalue weighted by Gasteiger charge is -2.21. The van der Waals surface area contributed by atoms with Gasteiger partial charge in [0, 0.05) is 18.8 Å². The van der Waals surface area contributed by atoms with Gasteiger partial charge >= 0.3 is 0 Å². The van der Waals surface area contributed by atoms with E-state index in [1.54, 1.807) is 12.3 Å². The number of amides is 1. The topological polar surface area (TPSA) is 45.2 Å². The Morgan fingerprint density at radius 1 is 1.08 bits per heavy atom. The Balaban J connectivity index is 2.10. The van der Waals surface area contributed by atoms with Gasteiger partial charge in [0.05, 0.1) is 11.9 Å². The lowest BCUT2D eigenvalue weighted by Crippen LogP contribution is -2.33. The molecule has 2 aromatic rings. The van der Waals surface area contributed by atoms with E-state index in [1.807, 2.05) is 11.0 Å². The molecule has 1 aromatic heterocycles. The van der Waals surface area contributed by atoms with Gasteiger partial charge in [0.25, 0.3) is 5.91 Å². The molecule has 0 spiro atoms. The number of carbonyl (C=O) groups excluding carboxylic acids is 1. The maximum atomic E-state index is 12.5. The Hall–Kier alpha value is -2.36. The second-order valence-corrected chi connectivity index (χ2v) is 6.17. The van der Waals surface area contributed by atoms with Gasteiger partial charge in [-0.15, -0.1) is 0 Å². The van der Waals surface area contributed by atoms with Gasteiger partial charge in [0.2, 0.25) is 0 Å². The highest BCUT2D eigenvalue weighted by Gasteiger charge is 2.15. The van der Waals surface area contributed by atoms with Crippen molar-refractivity contribution in [3.8, 4) is 0 Å². The van der Waals surface area contributed by atoms with Crippen LogP contribution in [0.5, 0.6) is 0 Å². The van der Waals surface area contributed by atoms with Gasteiger partial charge in [-0.05, 0) is 50.5 Å². The zero-order valence-corrected chi connectivity index (χ0v) is 15.1. The molecule has 0 atom stereocenters. The Bertz CT molecular complexity index is 674. The van der Waals surface area contributed by atoms with Crippen LogP contribution >= 0.6 is 0 Å². The molecule has 1 aromatic carbocycles. The molecule has 2 rings (SSSR count). The van der Waals surface area contributed by atoms with Gasteiger partial charge in [0.15, 0.2) is 0 Å². The van der Waals surface area contributed by atoms with Crippen molar-refractivity contribution in [1.29, 1.82) is 0 Å². The van der Waals surface area contributed by atoms with Gasteiger partial charge in [-0.25, -0.2) is 4.98 Å². The molecule has 0 fully saturated rings. The van der Waals surface area contributed by atoms with Gasteiger partial charge < -0.3 is 10.2 Å². The second kappa shape index (κ2) is 8.48. The summed E-state index contributed by atoms with van der Waals surface area (Å²) in [6, 6.07) is 9.99. The van der Waals surface area contributed by atoms with Crippen molar-refractivity contribution < 1.29 is 4.79 Å². The highest BCUT2D eigenvalue weighted by atomic mass is 16.2. The minimum absolute atomic E-state index is 0.0109. The van der Waals surface area contributed by atoms with Crippen LogP contribution in [0.4, 0.5) is 11.4 Å². The number of hydrogen-bond acceptors (Lipinski definition) is 3. The lowest BCUT2D eigenvalue weighted by atomic mass is 10.1. The van der Waals surface area contributed by atoms with E-state index < -0.39 is 0 Å². The number of benzene rings is 1. The van der Waals surface area contributed by atoms with Gasteiger partial charge in [0.1, 0.15) is 5.69 Å². The first-order valence-electron chi connectivity index (χ1n) is 8.64. The number of aryl methyl sites for hydroxylation is 2. The van der Waals surface area contributed by atoms with E-state index in [2.05, 4.69) is 56.2 Å². The van der Waals surface area contributed by atoms with Crippen molar-refractivity contribution in [1.82, 2.24) is 9.88 Å². The summed E-state index contributed by atoms with van der Waals surface area (Å²) < 4.78 is 0. The zero-order chi connectivity index (χ0) is 17.5. The van der Waals surface area contributed by atoms with Gasteiger partial charge in [-0.1, -0.05) is 31.5 Å². The minimum Gasteiger partial charge on any atom is -0.354 e. The maximum absolute atomic E-state index is 12.5. The molecular formula is C20H27N3O. The summed E-state index contributed by atoms with van der Waals surface area (Å²) in [5.41, 5.74) is 4.87. The van der Waals surface area contributed by atoms with Crippen molar-refractivity contribution >= 4 is 17.3 Å². The molecule has 0 saturated carbocycles. The molecule has 0 radical (unpaired) electrons. The van der Waals surface area contributed by atoms with Crippen molar-refractivity contribution in [2.24, 2.45) is 0 Å². The first-order chi connectivity index (χ1) is 11.5. The van der Waals surface area contributed by atoms with Crippen LogP contribution in [-0.2, 0) is 0 Å². The molecule has 0 aliphatic heterocycles. The molecule has 1 heterocycles. The van der Waals surface area contributed by atoms with E-state index in [0.29, 0.717) is 5.69 Å². The predicted molar refractivity (Wildman–Crippen MR) is 99.9 cm³/mol. The zero-order valence-electron chi connectivity index (χ0n) is 15.1. The summed E-state index contributed by atoms with van der Waals surface area (Å²) in [6.07, 6.45) is 3.64. The number of hydrogen-bond donors (Lipinski definition) is 1. The van der Waals surface area contributed by atoms with E-state index in [1.165, 1.54) is 11.1 Å². The van der Waals surface area contributed by atoms with Crippen LogP contribution in [0.1, 0.15) is 48.3 Å². The molecule has 128 valence electrons. The summed E-state index contributed by atoms with van der Waals surface area (Å²) in [7, 11) is 0. The van der Waals surface area contributed by atoms with Gasteiger partial charge in [-0.2, -0.15) is 0 Å². The molecule has 0 saturated heterocycles. The highest BCUT2D eigenvalue weighted by Crippen LogP contribution is 2.21. The Labute approximate surface area is 144 Å². The molecule has 1 N–H and O–H groups in total. The summed E-state index contributed by atoms with van der Waals surface area (Å²) in [5, 5.41) is 3.36. The summed E-state index contributed by atoms with van der Waals surface area (Å²) in [4.78, 5) is 18.8. The van der Waals surface area contributed by atoms with Crippen LogP contribution in [-0.4, -0.2) is 28.9 Å². The summed E-state index contributed by atoms with van der Waals surface area (Å²) in [6.45, 7) is 9.87. The average molecular weight is 325 g/mol.